The predicted octanol–water partition coefficient (Wildman–Crippen LogP) is 2.64. The molecular formula is C22H31N5O2S. The second kappa shape index (κ2) is 9.22. The standard InChI is InChI=1S/C22H31N5O2S/c1-17(2)24-8-12-26(13-9-24)21(28)20-16-30-22(23-20)27-14-10-25(11-15-27)18-4-6-19(29-3)7-5-18/h4-7,16-17H,8-15H2,1-3H3. The minimum absolute atomic E-state index is 0.0674. The number of carbonyl (C=O) groups is 1. The van der Waals surface area contributed by atoms with Gasteiger partial charge in [-0.25, -0.2) is 4.98 Å². The highest BCUT2D eigenvalue weighted by Gasteiger charge is 2.26. The molecule has 0 spiro atoms. The van der Waals surface area contributed by atoms with Gasteiger partial charge in [-0.2, -0.15) is 0 Å². The molecule has 0 saturated carbocycles. The smallest absolute Gasteiger partial charge is 0.273 e. The summed E-state index contributed by atoms with van der Waals surface area (Å²) in [5.74, 6) is 0.945. The largest absolute Gasteiger partial charge is 0.497 e. The van der Waals surface area contributed by atoms with Crippen molar-refractivity contribution in [2.75, 3.05) is 69.3 Å². The zero-order valence-electron chi connectivity index (χ0n) is 18.1. The number of ether oxygens (including phenoxy) is 1. The van der Waals surface area contributed by atoms with Gasteiger partial charge < -0.3 is 19.4 Å². The summed E-state index contributed by atoms with van der Waals surface area (Å²) in [6.45, 7) is 11.5. The molecule has 30 heavy (non-hydrogen) atoms. The van der Waals surface area contributed by atoms with E-state index in [1.54, 1.807) is 18.4 Å². The van der Waals surface area contributed by atoms with E-state index < -0.39 is 0 Å². The molecule has 0 aliphatic carbocycles. The zero-order valence-corrected chi connectivity index (χ0v) is 18.9. The van der Waals surface area contributed by atoms with Crippen molar-refractivity contribution in [2.24, 2.45) is 0 Å². The van der Waals surface area contributed by atoms with Gasteiger partial charge in [0.15, 0.2) is 5.13 Å². The Balaban J connectivity index is 1.32. The molecule has 0 N–H and O–H groups in total. The second-order valence-electron chi connectivity index (χ2n) is 8.11. The second-order valence-corrected chi connectivity index (χ2v) is 8.95. The van der Waals surface area contributed by atoms with Gasteiger partial charge in [-0.3, -0.25) is 9.69 Å². The van der Waals surface area contributed by atoms with E-state index in [4.69, 9.17) is 4.74 Å². The Morgan fingerprint density at radius 2 is 1.60 bits per heavy atom. The number of nitrogens with zero attached hydrogens (tertiary/aromatic N) is 5. The van der Waals surface area contributed by atoms with Gasteiger partial charge in [0.25, 0.3) is 5.91 Å². The lowest BCUT2D eigenvalue weighted by Gasteiger charge is -2.36. The lowest BCUT2D eigenvalue weighted by atomic mass is 10.2. The Bertz CT molecular complexity index is 837. The number of hydrogen-bond donors (Lipinski definition) is 0. The number of thiazole rings is 1. The third kappa shape index (κ3) is 4.54. The Morgan fingerprint density at radius 1 is 0.967 bits per heavy atom. The average Bonchev–Trinajstić information content (AvgIpc) is 3.29. The van der Waals surface area contributed by atoms with E-state index in [-0.39, 0.29) is 5.91 Å². The Hall–Kier alpha value is -2.32. The Labute approximate surface area is 182 Å². The fourth-order valence-electron chi connectivity index (χ4n) is 4.06. The maximum Gasteiger partial charge on any atom is 0.273 e. The molecule has 0 unspecified atom stereocenters. The van der Waals surface area contributed by atoms with Crippen molar-refractivity contribution in [1.82, 2.24) is 14.8 Å². The maximum absolute atomic E-state index is 12.9. The Kier molecular flexibility index (Phi) is 6.43. The van der Waals surface area contributed by atoms with Crippen molar-refractivity contribution in [2.45, 2.75) is 19.9 Å². The van der Waals surface area contributed by atoms with Crippen molar-refractivity contribution in [3.05, 3.63) is 35.3 Å². The highest BCUT2D eigenvalue weighted by molar-refractivity contribution is 7.13. The first-order valence-electron chi connectivity index (χ1n) is 10.7. The first-order chi connectivity index (χ1) is 14.5. The minimum atomic E-state index is 0.0674. The number of rotatable bonds is 5. The molecule has 2 fully saturated rings. The highest BCUT2D eigenvalue weighted by atomic mass is 32.1. The number of anilines is 2. The molecule has 2 saturated heterocycles. The first kappa shape index (κ1) is 20.9. The van der Waals surface area contributed by atoms with Crippen molar-refractivity contribution in [3.63, 3.8) is 0 Å². The van der Waals surface area contributed by atoms with Crippen LogP contribution in [0.2, 0.25) is 0 Å². The van der Waals surface area contributed by atoms with Crippen LogP contribution < -0.4 is 14.5 Å². The van der Waals surface area contributed by atoms with Crippen molar-refractivity contribution >= 4 is 28.1 Å². The summed E-state index contributed by atoms with van der Waals surface area (Å²) in [4.78, 5) is 26.6. The van der Waals surface area contributed by atoms with Crippen LogP contribution in [-0.2, 0) is 0 Å². The van der Waals surface area contributed by atoms with Gasteiger partial charge in [0, 0.05) is 69.5 Å². The van der Waals surface area contributed by atoms with Crippen LogP contribution in [0.15, 0.2) is 29.6 Å². The topological polar surface area (TPSA) is 52.2 Å². The number of amides is 1. The number of piperazine rings is 2. The zero-order chi connectivity index (χ0) is 21.1. The number of hydrogen-bond acceptors (Lipinski definition) is 7. The quantitative estimate of drug-likeness (QED) is 0.728. The van der Waals surface area contributed by atoms with Gasteiger partial charge in [0.2, 0.25) is 0 Å². The predicted molar refractivity (Wildman–Crippen MR) is 122 cm³/mol. The molecule has 1 aromatic carbocycles. The number of benzene rings is 1. The molecule has 0 bridgehead atoms. The lowest BCUT2D eigenvalue weighted by Crippen LogP contribution is -2.50. The van der Waals surface area contributed by atoms with Crippen LogP contribution in [0.5, 0.6) is 5.75 Å². The van der Waals surface area contributed by atoms with Crippen LogP contribution >= 0.6 is 11.3 Å². The van der Waals surface area contributed by atoms with E-state index in [1.165, 1.54) is 5.69 Å². The molecular weight excluding hydrogens is 398 g/mol. The van der Waals surface area contributed by atoms with Gasteiger partial charge in [-0.15, -0.1) is 11.3 Å². The van der Waals surface area contributed by atoms with Gasteiger partial charge in [0.1, 0.15) is 11.4 Å². The van der Waals surface area contributed by atoms with Gasteiger partial charge >= 0.3 is 0 Å². The lowest BCUT2D eigenvalue weighted by molar-refractivity contribution is 0.0591. The molecule has 1 aromatic heterocycles. The van der Waals surface area contributed by atoms with Crippen LogP contribution in [0.1, 0.15) is 24.3 Å². The van der Waals surface area contributed by atoms with E-state index in [0.29, 0.717) is 11.7 Å². The molecule has 0 radical (unpaired) electrons. The molecule has 8 heteroatoms. The van der Waals surface area contributed by atoms with Gasteiger partial charge in [-0.1, -0.05) is 0 Å². The molecule has 0 atom stereocenters. The van der Waals surface area contributed by atoms with Crippen LogP contribution in [-0.4, -0.2) is 86.2 Å². The highest BCUT2D eigenvalue weighted by Crippen LogP contribution is 2.25. The van der Waals surface area contributed by atoms with Crippen LogP contribution in [0.4, 0.5) is 10.8 Å². The SMILES string of the molecule is COc1ccc(N2CCN(c3nc(C(=O)N4CCN(C(C)C)CC4)cs3)CC2)cc1. The normalized spacial score (nSPS) is 18.2. The molecule has 162 valence electrons. The van der Waals surface area contributed by atoms with E-state index >= 15 is 0 Å². The molecule has 2 aliphatic rings. The summed E-state index contributed by atoms with van der Waals surface area (Å²) >= 11 is 1.58. The van der Waals surface area contributed by atoms with Crippen molar-refractivity contribution in [3.8, 4) is 5.75 Å². The minimum Gasteiger partial charge on any atom is -0.497 e. The van der Waals surface area contributed by atoms with E-state index in [0.717, 1.165) is 63.2 Å². The van der Waals surface area contributed by atoms with Gasteiger partial charge in [0.05, 0.1) is 7.11 Å². The molecule has 2 aromatic rings. The summed E-state index contributed by atoms with van der Waals surface area (Å²) in [6.07, 6.45) is 0. The van der Waals surface area contributed by atoms with E-state index in [2.05, 4.69) is 45.7 Å². The molecule has 2 aliphatic heterocycles. The average molecular weight is 430 g/mol. The van der Waals surface area contributed by atoms with Crippen molar-refractivity contribution < 1.29 is 9.53 Å². The monoisotopic (exact) mass is 429 g/mol. The maximum atomic E-state index is 12.9. The molecule has 3 heterocycles. The van der Waals surface area contributed by atoms with Crippen LogP contribution in [0, 0.1) is 0 Å². The number of methoxy groups -OCH3 is 1. The summed E-state index contributed by atoms with van der Waals surface area (Å²) in [6, 6.07) is 8.74. The number of aromatic nitrogens is 1. The fourth-order valence-corrected chi connectivity index (χ4v) is 4.91. The van der Waals surface area contributed by atoms with E-state index in [1.807, 2.05) is 22.4 Å². The molecule has 4 rings (SSSR count). The molecule has 1 amide bonds. The fraction of sp³-hybridized carbons (Fsp3) is 0.545. The van der Waals surface area contributed by atoms with Crippen LogP contribution in [0.3, 0.4) is 0 Å². The third-order valence-electron chi connectivity index (χ3n) is 6.03. The van der Waals surface area contributed by atoms with E-state index in [9.17, 15) is 4.79 Å². The summed E-state index contributed by atoms with van der Waals surface area (Å²) in [7, 11) is 1.69. The number of carbonyl (C=O) groups excluding carboxylic acids is 1. The third-order valence-corrected chi connectivity index (χ3v) is 6.93. The Morgan fingerprint density at radius 3 is 2.20 bits per heavy atom. The van der Waals surface area contributed by atoms with Crippen molar-refractivity contribution in [1.29, 1.82) is 0 Å². The first-order valence-corrected chi connectivity index (χ1v) is 11.6. The van der Waals surface area contributed by atoms with Gasteiger partial charge in [-0.05, 0) is 38.1 Å². The summed E-state index contributed by atoms with van der Waals surface area (Å²) in [5, 5.41) is 2.87. The summed E-state index contributed by atoms with van der Waals surface area (Å²) in [5.41, 5.74) is 1.80. The van der Waals surface area contributed by atoms with Crippen LogP contribution in [0.25, 0.3) is 0 Å². The summed E-state index contributed by atoms with van der Waals surface area (Å²) < 4.78 is 5.25. The molecule has 7 nitrogen and oxygen atoms in total.